The van der Waals surface area contributed by atoms with Crippen LogP contribution in [0.5, 0.6) is 0 Å². The third-order valence-electron chi connectivity index (χ3n) is 3.23. The van der Waals surface area contributed by atoms with Gasteiger partial charge in [0.05, 0.1) is 10.6 Å². The van der Waals surface area contributed by atoms with Crippen LogP contribution in [0.15, 0.2) is 46.9 Å². The van der Waals surface area contributed by atoms with Crippen LogP contribution in [0.1, 0.15) is 16.2 Å². The van der Waals surface area contributed by atoms with Gasteiger partial charge in [-0.1, -0.05) is 0 Å². The fourth-order valence-electron chi connectivity index (χ4n) is 2.14. The van der Waals surface area contributed by atoms with Crippen LogP contribution in [0.4, 0.5) is 5.69 Å². The van der Waals surface area contributed by atoms with Crippen LogP contribution < -0.4 is 0 Å². The molecular weight excluding hydrogens is 302 g/mol. The van der Waals surface area contributed by atoms with Gasteiger partial charge in [0.15, 0.2) is 11.5 Å². The van der Waals surface area contributed by atoms with E-state index in [9.17, 15) is 20.0 Å². The molecule has 1 aromatic carbocycles. The molecule has 116 valence electrons. The first-order valence-corrected chi connectivity index (χ1v) is 6.60. The number of benzene rings is 1. The molecule has 0 bridgehead atoms. The van der Waals surface area contributed by atoms with E-state index in [1.165, 1.54) is 35.0 Å². The van der Waals surface area contributed by atoms with Crippen LogP contribution in [-0.2, 0) is 0 Å². The summed E-state index contributed by atoms with van der Waals surface area (Å²) in [5, 5.41) is 24.3. The van der Waals surface area contributed by atoms with Crippen LogP contribution in [0, 0.1) is 17.0 Å². The van der Waals surface area contributed by atoms with Crippen LogP contribution in [0.25, 0.3) is 17.1 Å². The van der Waals surface area contributed by atoms with Crippen LogP contribution in [-0.4, -0.2) is 25.8 Å². The van der Waals surface area contributed by atoms with E-state index >= 15 is 0 Å². The third-order valence-corrected chi connectivity index (χ3v) is 3.23. The van der Waals surface area contributed by atoms with Gasteiger partial charge in [0.1, 0.15) is 11.5 Å². The minimum atomic E-state index is -1.16. The molecule has 1 N–H and O–H groups in total. The van der Waals surface area contributed by atoms with Crippen molar-refractivity contribution in [2.75, 3.05) is 0 Å². The molecule has 0 aliphatic carbocycles. The zero-order valence-corrected chi connectivity index (χ0v) is 12.0. The van der Waals surface area contributed by atoms with Crippen molar-refractivity contribution in [3.63, 3.8) is 0 Å². The summed E-state index contributed by atoms with van der Waals surface area (Å²) in [5.41, 5.74) is 0.624. The molecule has 3 aromatic rings. The number of furan rings is 1. The number of hydrogen-bond acceptors (Lipinski definition) is 5. The number of carboxylic acid groups (broad SMARTS) is 1. The highest BCUT2D eigenvalue weighted by Gasteiger charge is 2.18. The molecule has 2 aromatic heterocycles. The maximum Gasteiger partial charge on any atom is 0.354 e. The quantitative estimate of drug-likeness (QED) is 0.585. The van der Waals surface area contributed by atoms with Gasteiger partial charge in [0.25, 0.3) is 5.69 Å². The number of nitro groups is 1. The Labute approximate surface area is 129 Å². The topological polar surface area (TPSA) is 111 Å². The van der Waals surface area contributed by atoms with Crippen molar-refractivity contribution in [1.29, 1.82) is 0 Å². The zero-order chi connectivity index (χ0) is 16.6. The minimum absolute atomic E-state index is 0.0668. The summed E-state index contributed by atoms with van der Waals surface area (Å²) >= 11 is 0. The van der Waals surface area contributed by atoms with Crippen molar-refractivity contribution in [3.8, 4) is 17.1 Å². The molecule has 0 unspecified atom stereocenters. The molecule has 8 nitrogen and oxygen atoms in total. The van der Waals surface area contributed by atoms with E-state index < -0.39 is 10.9 Å². The second-order valence-corrected chi connectivity index (χ2v) is 4.82. The summed E-state index contributed by atoms with van der Waals surface area (Å²) in [5.74, 6) is -0.0298. The lowest BCUT2D eigenvalue weighted by Gasteiger charge is -2.03. The molecule has 0 aliphatic heterocycles. The highest BCUT2D eigenvalue weighted by atomic mass is 16.6. The molecule has 3 rings (SSSR count). The van der Waals surface area contributed by atoms with Crippen molar-refractivity contribution in [3.05, 3.63) is 64.0 Å². The molecule has 8 heteroatoms. The van der Waals surface area contributed by atoms with Gasteiger partial charge in [-0.2, -0.15) is 5.10 Å². The molecule has 0 spiro atoms. The number of carboxylic acids is 1. The maximum absolute atomic E-state index is 11.4. The SMILES string of the molecule is Cc1ccc(-c2cc(C(=O)O)n(-c3ccc([N+](=O)[O-])cc3)n2)o1. The second-order valence-electron chi connectivity index (χ2n) is 4.82. The van der Waals surface area contributed by atoms with Crippen molar-refractivity contribution < 1.29 is 19.2 Å². The number of rotatable bonds is 4. The van der Waals surface area contributed by atoms with E-state index in [2.05, 4.69) is 5.10 Å². The monoisotopic (exact) mass is 313 g/mol. The molecule has 0 saturated carbocycles. The van der Waals surface area contributed by atoms with E-state index in [4.69, 9.17) is 4.42 Å². The predicted octanol–water partition coefficient (Wildman–Crippen LogP) is 3.05. The van der Waals surface area contributed by atoms with Crippen molar-refractivity contribution >= 4 is 11.7 Å². The Morgan fingerprint density at radius 2 is 1.96 bits per heavy atom. The molecule has 0 fully saturated rings. The number of nitrogens with zero attached hydrogens (tertiary/aromatic N) is 3. The minimum Gasteiger partial charge on any atom is -0.477 e. The number of non-ortho nitro benzene ring substituents is 1. The van der Waals surface area contributed by atoms with Gasteiger partial charge in [-0.15, -0.1) is 0 Å². The van der Waals surface area contributed by atoms with Gasteiger partial charge in [-0.25, -0.2) is 9.48 Å². The van der Waals surface area contributed by atoms with Crippen molar-refractivity contribution in [2.24, 2.45) is 0 Å². The first-order chi connectivity index (χ1) is 11.0. The number of aromatic carboxylic acids is 1. The van der Waals surface area contributed by atoms with Crippen LogP contribution in [0.3, 0.4) is 0 Å². The average Bonchev–Trinajstić information content (AvgIpc) is 3.13. The Bertz CT molecular complexity index is 892. The number of aryl methyl sites for hydroxylation is 1. The van der Waals surface area contributed by atoms with Crippen molar-refractivity contribution in [2.45, 2.75) is 6.92 Å². The summed E-state index contributed by atoms with van der Waals surface area (Å²) in [6.07, 6.45) is 0. The fraction of sp³-hybridized carbons (Fsp3) is 0.0667. The largest absolute Gasteiger partial charge is 0.477 e. The van der Waals surface area contributed by atoms with E-state index in [1.807, 2.05) is 0 Å². The molecule has 23 heavy (non-hydrogen) atoms. The van der Waals surface area contributed by atoms with Gasteiger partial charge in [-0.3, -0.25) is 10.1 Å². The van der Waals surface area contributed by atoms with Gasteiger partial charge in [-0.05, 0) is 31.2 Å². The number of nitro benzene ring substituents is 1. The van der Waals surface area contributed by atoms with Crippen molar-refractivity contribution in [1.82, 2.24) is 9.78 Å². The van der Waals surface area contributed by atoms with E-state index in [1.54, 1.807) is 19.1 Å². The Balaban J connectivity index is 2.08. The summed E-state index contributed by atoms with van der Waals surface area (Å²) in [7, 11) is 0. The number of hydrogen-bond donors (Lipinski definition) is 1. The lowest BCUT2D eigenvalue weighted by atomic mass is 10.2. The fourth-order valence-corrected chi connectivity index (χ4v) is 2.14. The number of aromatic nitrogens is 2. The van der Waals surface area contributed by atoms with Crippen LogP contribution in [0.2, 0.25) is 0 Å². The van der Waals surface area contributed by atoms with Gasteiger partial charge < -0.3 is 9.52 Å². The maximum atomic E-state index is 11.4. The summed E-state index contributed by atoms with van der Waals surface area (Å²) in [4.78, 5) is 21.6. The smallest absolute Gasteiger partial charge is 0.354 e. The first-order valence-electron chi connectivity index (χ1n) is 6.60. The highest BCUT2D eigenvalue weighted by molar-refractivity contribution is 5.87. The van der Waals surface area contributed by atoms with E-state index in [0.717, 1.165) is 0 Å². The Kier molecular flexibility index (Phi) is 3.41. The van der Waals surface area contributed by atoms with Gasteiger partial charge >= 0.3 is 5.97 Å². The Morgan fingerprint density at radius 3 is 2.48 bits per heavy atom. The van der Waals surface area contributed by atoms with Crippen LogP contribution >= 0.6 is 0 Å². The molecule has 0 amide bonds. The van der Waals surface area contributed by atoms with E-state index in [0.29, 0.717) is 22.9 Å². The molecular formula is C15H11N3O5. The highest BCUT2D eigenvalue weighted by Crippen LogP contribution is 2.24. The predicted molar refractivity (Wildman–Crippen MR) is 79.6 cm³/mol. The first kappa shape index (κ1) is 14.5. The average molecular weight is 313 g/mol. The van der Waals surface area contributed by atoms with Gasteiger partial charge in [0.2, 0.25) is 0 Å². The molecule has 0 radical (unpaired) electrons. The summed E-state index contributed by atoms with van der Waals surface area (Å²) < 4.78 is 6.65. The van der Waals surface area contributed by atoms with E-state index in [-0.39, 0.29) is 11.4 Å². The Morgan fingerprint density at radius 1 is 1.26 bits per heavy atom. The summed E-state index contributed by atoms with van der Waals surface area (Å²) in [6, 6.07) is 10.3. The third kappa shape index (κ3) is 2.69. The molecule has 0 aliphatic rings. The summed E-state index contributed by atoms with van der Waals surface area (Å²) in [6.45, 7) is 1.77. The normalized spacial score (nSPS) is 10.7. The molecule has 2 heterocycles. The lowest BCUT2D eigenvalue weighted by Crippen LogP contribution is -2.07. The standard InChI is InChI=1S/C15H11N3O5/c1-9-2-7-14(23-9)12-8-13(15(19)20)17(16-12)10-3-5-11(6-4-10)18(21)22/h2-8H,1H3,(H,19,20). The second kappa shape index (κ2) is 5.41. The zero-order valence-electron chi connectivity index (χ0n) is 12.0. The lowest BCUT2D eigenvalue weighted by molar-refractivity contribution is -0.384. The molecule has 0 saturated heterocycles. The molecule has 0 atom stereocenters. The number of carbonyl (C=O) groups is 1. The van der Waals surface area contributed by atoms with Gasteiger partial charge in [0, 0.05) is 18.2 Å². The Hall–Kier alpha value is -3.42.